The number of amides is 2. The lowest BCUT2D eigenvalue weighted by atomic mass is 10.0. The minimum Gasteiger partial charge on any atom is -0.365 e. The van der Waals surface area contributed by atoms with Gasteiger partial charge in [-0.25, -0.2) is 19.2 Å². The number of carbonyl (C=O) groups is 1. The first-order valence-electron chi connectivity index (χ1n) is 11.1. The average Bonchev–Trinajstić information content (AvgIpc) is 3.32. The molecule has 3 N–H and O–H groups in total. The number of anilines is 1. The maximum atomic E-state index is 13.4. The number of H-pyrrole nitrogens is 1. The number of hydrogen-bond donors (Lipinski definition) is 3. The Hall–Kier alpha value is -4.27. The Morgan fingerprint density at radius 1 is 1.24 bits per heavy atom. The van der Waals surface area contributed by atoms with E-state index in [1.807, 2.05) is 12.1 Å². The summed E-state index contributed by atoms with van der Waals surface area (Å²) in [6.07, 6.45) is 7.94. The van der Waals surface area contributed by atoms with Crippen molar-refractivity contribution >= 4 is 28.5 Å². The highest BCUT2D eigenvalue weighted by atomic mass is 19.1. The van der Waals surface area contributed by atoms with E-state index in [4.69, 9.17) is 4.98 Å². The summed E-state index contributed by atoms with van der Waals surface area (Å²) in [5.41, 5.74) is 5.36. The zero-order valence-electron chi connectivity index (χ0n) is 18.7. The van der Waals surface area contributed by atoms with Gasteiger partial charge in [-0.2, -0.15) is 0 Å². The number of benzene rings is 1. The second-order valence-electron chi connectivity index (χ2n) is 8.06. The average molecular weight is 458 g/mol. The molecule has 9 heteroatoms. The van der Waals surface area contributed by atoms with Crippen LogP contribution in [0.4, 0.5) is 15.0 Å². The normalized spacial score (nSPS) is 13.6. The van der Waals surface area contributed by atoms with Crippen LogP contribution >= 0.6 is 0 Å². The first-order chi connectivity index (χ1) is 16.6. The number of aromatic amines is 1. The third kappa shape index (κ3) is 4.45. The lowest BCUT2D eigenvalue weighted by Gasteiger charge is -2.25. The molecule has 0 fully saturated rings. The number of fused-ring (bicyclic) bond motifs is 1. The van der Waals surface area contributed by atoms with Gasteiger partial charge in [-0.1, -0.05) is 18.2 Å². The fraction of sp³-hybridized carbons (Fsp3) is 0.200. The molecule has 1 aliphatic heterocycles. The molecule has 34 heavy (non-hydrogen) atoms. The molecule has 0 atom stereocenters. The largest absolute Gasteiger partial charge is 0.365 e. The fourth-order valence-corrected chi connectivity index (χ4v) is 4.10. The topological polar surface area (TPSA) is 98.8 Å². The lowest BCUT2D eigenvalue weighted by Crippen LogP contribution is -2.40. The van der Waals surface area contributed by atoms with Crippen LogP contribution in [-0.4, -0.2) is 51.0 Å². The summed E-state index contributed by atoms with van der Waals surface area (Å²) < 4.78 is 13.4. The highest BCUT2D eigenvalue weighted by Crippen LogP contribution is 2.31. The molecule has 1 aliphatic rings. The molecule has 0 bridgehead atoms. The fourth-order valence-electron chi connectivity index (χ4n) is 4.10. The first-order valence-corrected chi connectivity index (χ1v) is 11.1. The Labute approximate surface area is 196 Å². The van der Waals surface area contributed by atoms with Gasteiger partial charge in [0, 0.05) is 49.5 Å². The third-order valence-electron chi connectivity index (χ3n) is 5.86. The van der Waals surface area contributed by atoms with E-state index in [0.29, 0.717) is 31.1 Å². The predicted octanol–water partition coefficient (Wildman–Crippen LogP) is 4.20. The van der Waals surface area contributed by atoms with Crippen LogP contribution in [0.2, 0.25) is 0 Å². The molecule has 1 aromatic carbocycles. The number of hydrogen-bond acceptors (Lipinski definition) is 5. The number of carbonyl (C=O) groups excluding carboxylic acids is 1. The molecular weight excluding hydrogens is 433 g/mol. The van der Waals surface area contributed by atoms with Crippen LogP contribution in [-0.2, 0) is 6.54 Å². The molecule has 172 valence electrons. The molecule has 8 nitrogen and oxygen atoms in total. The van der Waals surface area contributed by atoms with Gasteiger partial charge in [0.15, 0.2) is 0 Å². The van der Waals surface area contributed by atoms with Gasteiger partial charge in [0.05, 0.1) is 18.1 Å². The Balaban J connectivity index is 1.39. The van der Waals surface area contributed by atoms with Crippen molar-refractivity contribution in [2.24, 2.45) is 0 Å². The van der Waals surface area contributed by atoms with Crippen LogP contribution < -0.4 is 10.6 Å². The van der Waals surface area contributed by atoms with E-state index in [9.17, 15) is 9.18 Å². The van der Waals surface area contributed by atoms with Gasteiger partial charge < -0.3 is 20.5 Å². The number of urea groups is 1. The molecule has 4 aromatic rings. The van der Waals surface area contributed by atoms with Crippen molar-refractivity contribution in [2.75, 3.05) is 25.5 Å². The van der Waals surface area contributed by atoms with E-state index < -0.39 is 0 Å². The van der Waals surface area contributed by atoms with Gasteiger partial charge in [0.1, 0.15) is 17.3 Å². The van der Waals surface area contributed by atoms with Crippen molar-refractivity contribution in [3.63, 3.8) is 0 Å². The molecule has 5 rings (SSSR count). The van der Waals surface area contributed by atoms with Crippen LogP contribution in [0.3, 0.4) is 0 Å². The van der Waals surface area contributed by atoms with Crippen molar-refractivity contribution in [3.05, 3.63) is 78.1 Å². The monoisotopic (exact) mass is 457 g/mol. The summed E-state index contributed by atoms with van der Waals surface area (Å²) in [6, 6.07) is 10.4. The zero-order valence-corrected chi connectivity index (χ0v) is 18.7. The van der Waals surface area contributed by atoms with Gasteiger partial charge >= 0.3 is 6.03 Å². The van der Waals surface area contributed by atoms with E-state index >= 15 is 0 Å². The number of pyridine rings is 1. The predicted molar refractivity (Wildman–Crippen MR) is 129 cm³/mol. The lowest BCUT2D eigenvalue weighted by molar-refractivity contribution is 0.205. The molecule has 0 spiro atoms. The standard InChI is InChI=1S/C25H24FN7O/c1-27-25(34)33-9-6-17(7-10-33)21-12-20-19(5-8-29-24(20)32-21)22-14-28-15-23(31-22)30-13-16-3-2-4-18(26)11-16/h2-6,8,11-12,14-15H,7,9-10,13H2,1H3,(H,27,34)(H,29,32)(H,30,31). The van der Waals surface area contributed by atoms with E-state index in [1.54, 1.807) is 36.6 Å². The molecule has 2 amide bonds. The van der Waals surface area contributed by atoms with Crippen LogP contribution in [0.5, 0.6) is 0 Å². The van der Waals surface area contributed by atoms with Crippen molar-refractivity contribution in [3.8, 4) is 11.3 Å². The van der Waals surface area contributed by atoms with E-state index in [1.165, 1.54) is 12.1 Å². The zero-order chi connectivity index (χ0) is 23.5. The van der Waals surface area contributed by atoms with E-state index in [2.05, 4.69) is 37.7 Å². The number of aromatic nitrogens is 4. The second-order valence-corrected chi connectivity index (χ2v) is 8.06. The smallest absolute Gasteiger partial charge is 0.317 e. The molecule has 0 saturated heterocycles. The van der Waals surface area contributed by atoms with Crippen molar-refractivity contribution in [2.45, 2.75) is 13.0 Å². The molecule has 3 aromatic heterocycles. The van der Waals surface area contributed by atoms with Crippen LogP contribution in [0.15, 0.2) is 61.1 Å². The summed E-state index contributed by atoms with van der Waals surface area (Å²) >= 11 is 0. The van der Waals surface area contributed by atoms with Gasteiger partial charge in [0.25, 0.3) is 0 Å². The number of rotatable bonds is 5. The number of nitrogens with one attached hydrogen (secondary N) is 3. The number of nitrogens with zero attached hydrogens (tertiary/aromatic N) is 4. The van der Waals surface area contributed by atoms with Gasteiger partial charge in [0.2, 0.25) is 0 Å². The minimum absolute atomic E-state index is 0.0691. The highest BCUT2D eigenvalue weighted by molar-refractivity contribution is 5.94. The third-order valence-corrected chi connectivity index (χ3v) is 5.86. The summed E-state index contributed by atoms with van der Waals surface area (Å²) in [5.74, 6) is 0.336. The Kier molecular flexibility index (Phi) is 5.90. The molecule has 0 radical (unpaired) electrons. The van der Waals surface area contributed by atoms with Crippen LogP contribution in [0, 0.1) is 5.82 Å². The first kappa shape index (κ1) is 21.6. The van der Waals surface area contributed by atoms with Crippen molar-refractivity contribution in [1.82, 2.24) is 30.2 Å². The molecule has 0 saturated carbocycles. The van der Waals surface area contributed by atoms with Gasteiger partial charge in [-0.15, -0.1) is 0 Å². The Bertz CT molecular complexity index is 1380. The van der Waals surface area contributed by atoms with Gasteiger partial charge in [-0.3, -0.25) is 4.98 Å². The number of halogens is 1. The quantitative estimate of drug-likeness (QED) is 0.417. The van der Waals surface area contributed by atoms with Crippen LogP contribution in [0.1, 0.15) is 17.7 Å². The molecule has 0 aliphatic carbocycles. The van der Waals surface area contributed by atoms with Crippen molar-refractivity contribution < 1.29 is 9.18 Å². The molecule has 4 heterocycles. The van der Waals surface area contributed by atoms with Crippen LogP contribution in [0.25, 0.3) is 27.9 Å². The van der Waals surface area contributed by atoms with E-state index in [0.717, 1.165) is 39.8 Å². The minimum atomic E-state index is -0.268. The molecular formula is C25H24FN7O. The molecule has 0 unspecified atom stereocenters. The summed E-state index contributed by atoms with van der Waals surface area (Å²) in [6.45, 7) is 1.66. The summed E-state index contributed by atoms with van der Waals surface area (Å²) in [7, 11) is 1.64. The highest BCUT2D eigenvalue weighted by Gasteiger charge is 2.19. The van der Waals surface area contributed by atoms with Gasteiger partial charge in [-0.05, 0) is 41.8 Å². The van der Waals surface area contributed by atoms with E-state index in [-0.39, 0.29) is 11.8 Å². The summed E-state index contributed by atoms with van der Waals surface area (Å²) in [4.78, 5) is 30.6. The summed E-state index contributed by atoms with van der Waals surface area (Å²) in [5, 5.41) is 6.83. The Morgan fingerprint density at radius 2 is 2.15 bits per heavy atom. The van der Waals surface area contributed by atoms with Crippen molar-refractivity contribution in [1.29, 1.82) is 0 Å². The maximum Gasteiger partial charge on any atom is 0.317 e. The SMILES string of the molecule is CNC(=O)N1CC=C(c2cc3c(-c4cncc(NCc5cccc(F)c5)n4)ccnc3[nH]2)CC1. The second kappa shape index (κ2) is 9.30. The maximum absolute atomic E-state index is 13.4. The Morgan fingerprint density at radius 3 is 2.94 bits per heavy atom.